The van der Waals surface area contributed by atoms with E-state index in [0.717, 1.165) is 18.5 Å². The molecule has 2 aromatic heterocycles. The zero-order valence-corrected chi connectivity index (χ0v) is 15.9. The minimum absolute atomic E-state index is 0.0723. The standard InChI is InChI=1S/C20H23N3O4/c1-12-9-17(24)15(11-23(12)14-5-6-14)18(25)22-13-7-8-21-16(10-13)19(26)27-20(2,3)4/h7-11,14H,5-6H2,1-4H3,(H,21,22,25). The van der Waals surface area contributed by atoms with Gasteiger partial charge in [0.1, 0.15) is 16.9 Å². The summed E-state index contributed by atoms with van der Waals surface area (Å²) in [5.41, 5.74) is 0.394. The van der Waals surface area contributed by atoms with E-state index >= 15 is 0 Å². The number of aromatic nitrogens is 2. The predicted octanol–water partition coefficient (Wildman–Crippen LogP) is 3.09. The molecule has 1 fully saturated rings. The summed E-state index contributed by atoms with van der Waals surface area (Å²) < 4.78 is 7.25. The van der Waals surface area contributed by atoms with Gasteiger partial charge in [-0.25, -0.2) is 9.78 Å². The van der Waals surface area contributed by atoms with E-state index in [1.807, 2.05) is 11.5 Å². The number of nitrogens with zero attached hydrogens (tertiary/aromatic N) is 2. The molecule has 7 nitrogen and oxygen atoms in total. The third-order valence-corrected chi connectivity index (χ3v) is 4.09. The van der Waals surface area contributed by atoms with Crippen molar-refractivity contribution in [2.45, 2.75) is 52.2 Å². The Morgan fingerprint density at radius 2 is 1.96 bits per heavy atom. The summed E-state index contributed by atoms with van der Waals surface area (Å²) in [7, 11) is 0. The molecule has 1 aliphatic carbocycles. The lowest BCUT2D eigenvalue weighted by Gasteiger charge is -2.19. The van der Waals surface area contributed by atoms with Gasteiger partial charge in [-0.1, -0.05) is 0 Å². The number of nitrogens with one attached hydrogen (secondary N) is 1. The molecule has 0 atom stereocenters. The molecule has 0 spiro atoms. The molecule has 0 saturated heterocycles. The maximum Gasteiger partial charge on any atom is 0.357 e. The number of amides is 1. The highest BCUT2D eigenvalue weighted by Crippen LogP contribution is 2.35. The van der Waals surface area contributed by atoms with Crippen LogP contribution in [0.3, 0.4) is 0 Å². The molecular weight excluding hydrogens is 346 g/mol. The van der Waals surface area contributed by atoms with Crippen molar-refractivity contribution in [1.29, 1.82) is 0 Å². The monoisotopic (exact) mass is 369 g/mol. The van der Waals surface area contributed by atoms with Crippen LogP contribution in [-0.4, -0.2) is 27.0 Å². The number of carbonyl (C=O) groups excluding carboxylic acids is 2. The number of hydrogen-bond donors (Lipinski definition) is 1. The highest BCUT2D eigenvalue weighted by atomic mass is 16.6. The molecule has 142 valence electrons. The van der Waals surface area contributed by atoms with E-state index in [0.29, 0.717) is 11.7 Å². The first-order valence-electron chi connectivity index (χ1n) is 8.87. The summed E-state index contributed by atoms with van der Waals surface area (Å²) in [6, 6.07) is 4.82. The molecule has 0 bridgehead atoms. The highest BCUT2D eigenvalue weighted by molar-refractivity contribution is 6.04. The number of carbonyl (C=O) groups is 2. The van der Waals surface area contributed by atoms with Crippen LogP contribution < -0.4 is 10.7 Å². The molecule has 0 aliphatic heterocycles. The molecule has 1 amide bonds. The van der Waals surface area contributed by atoms with E-state index in [-0.39, 0.29) is 16.7 Å². The van der Waals surface area contributed by atoms with Crippen molar-refractivity contribution >= 4 is 17.6 Å². The number of hydrogen-bond acceptors (Lipinski definition) is 5. The van der Waals surface area contributed by atoms with E-state index in [1.165, 1.54) is 18.3 Å². The van der Waals surface area contributed by atoms with Crippen LogP contribution in [0.1, 0.15) is 66.2 Å². The van der Waals surface area contributed by atoms with Crippen LogP contribution in [0, 0.1) is 6.92 Å². The van der Waals surface area contributed by atoms with Crippen molar-refractivity contribution in [3.63, 3.8) is 0 Å². The highest BCUT2D eigenvalue weighted by Gasteiger charge is 2.25. The van der Waals surface area contributed by atoms with Gasteiger partial charge >= 0.3 is 5.97 Å². The number of rotatable bonds is 4. The minimum Gasteiger partial charge on any atom is -0.455 e. The van der Waals surface area contributed by atoms with E-state index in [4.69, 9.17) is 4.74 Å². The molecule has 2 aromatic rings. The van der Waals surface area contributed by atoms with Gasteiger partial charge in [0, 0.05) is 35.9 Å². The fourth-order valence-corrected chi connectivity index (χ4v) is 2.71. The summed E-state index contributed by atoms with van der Waals surface area (Å²) in [6.45, 7) is 7.15. The van der Waals surface area contributed by atoms with Crippen molar-refractivity contribution in [2.75, 3.05) is 5.32 Å². The van der Waals surface area contributed by atoms with Crippen LogP contribution in [0.25, 0.3) is 0 Å². The summed E-state index contributed by atoms with van der Waals surface area (Å²) in [5.74, 6) is -1.10. The molecule has 1 aliphatic rings. The smallest absolute Gasteiger partial charge is 0.357 e. The number of esters is 1. The van der Waals surface area contributed by atoms with E-state index < -0.39 is 17.5 Å². The first kappa shape index (κ1) is 18.8. The second-order valence-electron chi connectivity index (χ2n) is 7.72. The average Bonchev–Trinajstić information content (AvgIpc) is 3.38. The lowest BCUT2D eigenvalue weighted by molar-refractivity contribution is 0.00627. The summed E-state index contributed by atoms with van der Waals surface area (Å²) in [4.78, 5) is 41.0. The molecule has 1 N–H and O–H groups in total. The molecule has 2 heterocycles. The molecule has 3 rings (SSSR count). The quantitative estimate of drug-likeness (QED) is 0.837. The molecule has 0 aromatic carbocycles. The fraction of sp³-hybridized carbons (Fsp3) is 0.400. The first-order valence-corrected chi connectivity index (χ1v) is 8.87. The van der Waals surface area contributed by atoms with Crippen LogP contribution in [0.4, 0.5) is 5.69 Å². The van der Waals surface area contributed by atoms with Crippen molar-refractivity contribution < 1.29 is 14.3 Å². The van der Waals surface area contributed by atoms with Gasteiger partial charge in [0.05, 0.1) is 0 Å². The lowest BCUT2D eigenvalue weighted by atomic mass is 10.2. The number of aryl methyl sites for hydroxylation is 1. The number of anilines is 1. The van der Waals surface area contributed by atoms with Crippen LogP contribution in [0.2, 0.25) is 0 Å². The van der Waals surface area contributed by atoms with Crippen molar-refractivity contribution in [1.82, 2.24) is 9.55 Å². The average molecular weight is 369 g/mol. The Morgan fingerprint density at radius 1 is 1.26 bits per heavy atom. The third-order valence-electron chi connectivity index (χ3n) is 4.09. The Balaban J connectivity index is 1.81. The number of pyridine rings is 2. The fourth-order valence-electron chi connectivity index (χ4n) is 2.71. The van der Waals surface area contributed by atoms with Gasteiger partial charge in [0.15, 0.2) is 5.43 Å². The van der Waals surface area contributed by atoms with E-state index in [2.05, 4.69) is 10.3 Å². The Hall–Kier alpha value is -2.96. The van der Waals surface area contributed by atoms with Gasteiger partial charge in [-0.3, -0.25) is 9.59 Å². The van der Waals surface area contributed by atoms with Gasteiger partial charge in [-0.2, -0.15) is 0 Å². The summed E-state index contributed by atoms with van der Waals surface area (Å²) in [6.07, 6.45) is 5.12. The maximum absolute atomic E-state index is 12.6. The van der Waals surface area contributed by atoms with Gasteiger partial charge in [-0.05, 0) is 52.7 Å². The molecule has 0 radical (unpaired) electrons. The Kier molecular flexibility index (Phi) is 4.87. The van der Waals surface area contributed by atoms with Crippen molar-refractivity contribution in [3.8, 4) is 0 Å². The predicted molar refractivity (Wildman–Crippen MR) is 101 cm³/mol. The normalized spacial score (nSPS) is 13.9. The van der Waals surface area contributed by atoms with E-state index in [9.17, 15) is 14.4 Å². The van der Waals surface area contributed by atoms with Gasteiger partial charge in [0.25, 0.3) is 5.91 Å². The van der Waals surface area contributed by atoms with E-state index in [1.54, 1.807) is 33.0 Å². The first-order chi connectivity index (χ1) is 12.6. The third kappa shape index (κ3) is 4.61. The SMILES string of the molecule is Cc1cc(=O)c(C(=O)Nc2ccnc(C(=O)OC(C)(C)C)c2)cn1C1CC1. The van der Waals surface area contributed by atoms with Crippen molar-refractivity contribution in [2.24, 2.45) is 0 Å². The van der Waals surface area contributed by atoms with Crippen LogP contribution in [-0.2, 0) is 4.74 Å². The summed E-state index contributed by atoms with van der Waals surface area (Å²) in [5, 5.41) is 2.66. The molecule has 1 saturated carbocycles. The van der Waals surface area contributed by atoms with Gasteiger partial charge in [0.2, 0.25) is 0 Å². The minimum atomic E-state index is -0.645. The Labute approximate surface area is 157 Å². The van der Waals surface area contributed by atoms with Crippen LogP contribution >= 0.6 is 0 Å². The summed E-state index contributed by atoms with van der Waals surface area (Å²) >= 11 is 0. The zero-order chi connectivity index (χ0) is 19.8. The largest absolute Gasteiger partial charge is 0.455 e. The topological polar surface area (TPSA) is 90.3 Å². The van der Waals surface area contributed by atoms with Crippen LogP contribution in [0.5, 0.6) is 0 Å². The molecular formula is C20H23N3O4. The lowest BCUT2D eigenvalue weighted by Crippen LogP contribution is -2.25. The Bertz CT molecular complexity index is 952. The molecule has 27 heavy (non-hydrogen) atoms. The zero-order valence-electron chi connectivity index (χ0n) is 15.9. The Morgan fingerprint density at radius 3 is 2.59 bits per heavy atom. The van der Waals surface area contributed by atoms with Gasteiger partial charge < -0.3 is 14.6 Å². The van der Waals surface area contributed by atoms with Gasteiger partial charge in [-0.15, -0.1) is 0 Å². The van der Waals surface area contributed by atoms with Crippen LogP contribution in [0.15, 0.2) is 35.4 Å². The second kappa shape index (κ2) is 6.98. The molecule has 7 heteroatoms. The molecule has 0 unspecified atom stereocenters. The second-order valence-corrected chi connectivity index (χ2v) is 7.72. The number of ether oxygens (including phenoxy) is 1. The van der Waals surface area contributed by atoms with Crippen molar-refractivity contribution in [3.05, 3.63) is 57.8 Å². The maximum atomic E-state index is 12.6.